The zero-order valence-corrected chi connectivity index (χ0v) is 17.7. The Balaban J connectivity index is 0.00000140. The lowest BCUT2D eigenvalue weighted by molar-refractivity contribution is 0.0881. The number of hydrogen-bond acceptors (Lipinski definition) is 2. The van der Waals surface area contributed by atoms with Crippen molar-refractivity contribution in [3.05, 3.63) is 77.6 Å². The number of halogens is 3. The fraction of sp³-hybridized carbons (Fsp3) is 0.391. The third-order valence-electron chi connectivity index (χ3n) is 5.77. The molecule has 0 saturated carbocycles. The second-order valence-electron chi connectivity index (χ2n) is 7.46. The molecule has 0 aromatic heterocycles. The highest BCUT2D eigenvalue weighted by molar-refractivity contribution is 5.85. The van der Waals surface area contributed by atoms with E-state index in [-0.39, 0.29) is 30.6 Å². The van der Waals surface area contributed by atoms with E-state index in [9.17, 15) is 4.39 Å². The van der Waals surface area contributed by atoms with Crippen LogP contribution >= 0.6 is 24.8 Å². The molecule has 0 radical (unpaired) electrons. The predicted molar refractivity (Wildman–Crippen MR) is 120 cm³/mol. The maximum Gasteiger partial charge on any atom is 0.123 e. The van der Waals surface area contributed by atoms with Crippen LogP contribution in [-0.4, -0.2) is 42.0 Å². The lowest BCUT2D eigenvalue weighted by atomic mass is 9.89. The van der Waals surface area contributed by atoms with Gasteiger partial charge in [-0.3, -0.25) is 9.80 Å². The molecular weight excluding hydrogens is 394 g/mol. The summed E-state index contributed by atoms with van der Waals surface area (Å²) in [6, 6.07) is 18.4. The topological polar surface area (TPSA) is 6.48 Å². The molecule has 0 unspecified atom stereocenters. The molecule has 2 aromatic carbocycles. The summed E-state index contributed by atoms with van der Waals surface area (Å²) in [7, 11) is 0. The molecule has 1 atom stereocenters. The van der Waals surface area contributed by atoms with E-state index < -0.39 is 0 Å². The van der Waals surface area contributed by atoms with Gasteiger partial charge in [-0.25, -0.2) is 4.39 Å². The highest BCUT2D eigenvalue weighted by Crippen LogP contribution is 2.30. The zero-order chi connectivity index (χ0) is 17.8. The van der Waals surface area contributed by atoms with Crippen LogP contribution in [0.4, 0.5) is 4.39 Å². The summed E-state index contributed by atoms with van der Waals surface area (Å²) in [5.74, 6) is -0.156. The van der Waals surface area contributed by atoms with Gasteiger partial charge < -0.3 is 0 Å². The molecule has 1 heterocycles. The Bertz CT molecular complexity index is 741. The van der Waals surface area contributed by atoms with Crippen LogP contribution in [0.3, 0.4) is 0 Å². The van der Waals surface area contributed by atoms with Crippen LogP contribution in [0.1, 0.15) is 30.4 Å². The Labute approximate surface area is 180 Å². The van der Waals surface area contributed by atoms with Crippen LogP contribution in [0.2, 0.25) is 0 Å². The van der Waals surface area contributed by atoms with Crippen LogP contribution in [0.5, 0.6) is 0 Å². The van der Waals surface area contributed by atoms with E-state index in [1.54, 1.807) is 12.1 Å². The van der Waals surface area contributed by atoms with E-state index in [1.165, 1.54) is 23.1 Å². The summed E-state index contributed by atoms with van der Waals surface area (Å²) in [5, 5.41) is 0. The molecular formula is C23H29Cl2FN2. The lowest BCUT2D eigenvalue weighted by Gasteiger charge is -2.40. The highest BCUT2D eigenvalue weighted by Gasteiger charge is 2.25. The molecule has 4 rings (SSSR count). The predicted octanol–water partition coefficient (Wildman–Crippen LogP) is 5.42. The monoisotopic (exact) mass is 422 g/mol. The molecule has 0 bridgehead atoms. The van der Waals surface area contributed by atoms with Crippen LogP contribution in [-0.2, 0) is 6.54 Å². The van der Waals surface area contributed by atoms with Gasteiger partial charge in [0.05, 0.1) is 0 Å². The minimum atomic E-state index is -0.156. The molecule has 5 heteroatoms. The summed E-state index contributed by atoms with van der Waals surface area (Å²) in [5.41, 5.74) is 3.96. The molecule has 2 aromatic rings. The first-order valence-corrected chi connectivity index (χ1v) is 9.73. The van der Waals surface area contributed by atoms with Gasteiger partial charge in [0, 0.05) is 38.8 Å². The molecule has 1 saturated heterocycles. The van der Waals surface area contributed by atoms with E-state index in [1.807, 2.05) is 12.1 Å². The van der Waals surface area contributed by atoms with E-state index in [4.69, 9.17) is 0 Å². The summed E-state index contributed by atoms with van der Waals surface area (Å²) < 4.78 is 13.1. The number of benzene rings is 2. The third-order valence-corrected chi connectivity index (χ3v) is 5.77. The van der Waals surface area contributed by atoms with Crippen LogP contribution < -0.4 is 0 Å². The van der Waals surface area contributed by atoms with Gasteiger partial charge in [0.25, 0.3) is 0 Å². The maximum absolute atomic E-state index is 13.1. The molecule has 0 spiro atoms. The first kappa shape index (κ1) is 22.9. The molecule has 28 heavy (non-hydrogen) atoms. The minimum Gasteiger partial charge on any atom is -0.298 e. The largest absolute Gasteiger partial charge is 0.298 e. The fourth-order valence-corrected chi connectivity index (χ4v) is 4.21. The van der Waals surface area contributed by atoms with Crippen LogP contribution in [0.15, 0.2) is 60.7 Å². The summed E-state index contributed by atoms with van der Waals surface area (Å²) in [4.78, 5) is 5.23. The molecule has 1 aliphatic heterocycles. The quantitative estimate of drug-likeness (QED) is 0.648. The SMILES string of the molecule is Cl.Cl.Fc1ccc(C2=CC[C@@H](N3CCN(Cc4ccccc4)CC3)CC2)cc1. The highest BCUT2D eigenvalue weighted by atomic mass is 35.5. The number of rotatable bonds is 4. The summed E-state index contributed by atoms with van der Waals surface area (Å²) in [6.45, 7) is 5.70. The summed E-state index contributed by atoms with van der Waals surface area (Å²) >= 11 is 0. The van der Waals surface area contributed by atoms with Gasteiger partial charge in [-0.05, 0) is 48.1 Å². The number of nitrogens with zero attached hydrogens (tertiary/aromatic N) is 2. The van der Waals surface area contributed by atoms with Crippen LogP contribution in [0, 0.1) is 5.82 Å². The zero-order valence-electron chi connectivity index (χ0n) is 16.1. The van der Waals surface area contributed by atoms with Gasteiger partial charge in [-0.15, -0.1) is 24.8 Å². The van der Waals surface area contributed by atoms with Crippen molar-refractivity contribution in [3.63, 3.8) is 0 Å². The third kappa shape index (κ3) is 5.81. The van der Waals surface area contributed by atoms with Crippen molar-refractivity contribution in [2.24, 2.45) is 0 Å². The first-order chi connectivity index (χ1) is 12.8. The van der Waals surface area contributed by atoms with Crippen molar-refractivity contribution in [2.45, 2.75) is 31.8 Å². The van der Waals surface area contributed by atoms with Crippen molar-refractivity contribution < 1.29 is 4.39 Å². The Hall–Kier alpha value is -1.39. The number of allylic oxidation sites excluding steroid dienone is 1. The van der Waals surface area contributed by atoms with E-state index in [2.05, 4.69) is 46.2 Å². The number of piperazine rings is 1. The average molecular weight is 423 g/mol. The molecule has 1 fully saturated rings. The average Bonchev–Trinajstić information content (AvgIpc) is 2.70. The van der Waals surface area contributed by atoms with Gasteiger partial charge in [-0.2, -0.15) is 0 Å². The second-order valence-corrected chi connectivity index (χ2v) is 7.46. The molecule has 152 valence electrons. The fourth-order valence-electron chi connectivity index (χ4n) is 4.21. The molecule has 1 aliphatic carbocycles. The molecule has 0 amide bonds. The number of hydrogen-bond donors (Lipinski definition) is 0. The van der Waals surface area contributed by atoms with Crippen molar-refractivity contribution in [2.75, 3.05) is 26.2 Å². The first-order valence-electron chi connectivity index (χ1n) is 9.73. The minimum absolute atomic E-state index is 0. The smallest absolute Gasteiger partial charge is 0.123 e. The molecule has 0 N–H and O–H groups in total. The van der Waals surface area contributed by atoms with Crippen molar-refractivity contribution in [1.29, 1.82) is 0 Å². The normalized spacial score (nSPS) is 20.6. The molecule has 2 aliphatic rings. The maximum atomic E-state index is 13.1. The van der Waals surface area contributed by atoms with Crippen molar-refractivity contribution in [3.8, 4) is 0 Å². The van der Waals surface area contributed by atoms with Crippen molar-refractivity contribution in [1.82, 2.24) is 9.80 Å². The Morgan fingerprint density at radius 2 is 1.54 bits per heavy atom. The van der Waals surface area contributed by atoms with Gasteiger partial charge >= 0.3 is 0 Å². The van der Waals surface area contributed by atoms with Crippen LogP contribution in [0.25, 0.3) is 5.57 Å². The standard InChI is InChI=1S/C23H27FN2.2ClH/c24-22-10-6-20(7-11-22)21-8-12-23(13-9-21)26-16-14-25(15-17-26)18-19-4-2-1-3-5-19;;/h1-8,10-11,23H,9,12-18H2;2*1H/t23-;;/m1../s1. The Morgan fingerprint density at radius 1 is 0.857 bits per heavy atom. The van der Waals surface area contributed by atoms with Gasteiger partial charge in [0.2, 0.25) is 0 Å². The second kappa shape index (κ2) is 11.0. The van der Waals surface area contributed by atoms with Gasteiger partial charge in [-0.1, -0.05) is 48.5 Å². The van der Waals surface area contributed by atoms with Gasteiger partial charge in [0.15, 0.2) is 0 Å². The van der Waals surface area contributed by atoms with E-state index in [0.29, 0.717) is 6.04 Å². The lowest BCUT2D eigenvalue weighted by Crippen LogP contribution is -2.50. The van der Waals surface area contributed by atoms with E-state index >= 15 is 0 Å². The van der Waals surface area contributed by atoms with Gasteiger partial charge in [0.1, 0.15) is 5.82 Å². The molecule has 2 nitrogen and oxygen atoms in total. The van der Waals surface area contributed by atoms with E-state index in [0.717, 1.165) is 45.6 Å². The summed E-state index contributed by atoms with van der Waals surface area (Å²) in [6.07, 6.45) is 5.80. The Morgan fingerprint density at radius 3 is 2.14 bits per heavy atom. The van der Waals surface area contributed by atoms with Crippen molar-refractivity contribution >= 4 is 30.4 Å². The Kier molecular flexibility index (Phi) is 8.97.